The van der Waals surface area contributed by atoms with Crippen LogP contribution in [0.4, 0.5) is 0 Å². The Bertz CT molecular complexity index is 587. The van der Waals surface area contributed by atoms with Crippen molar-refractivity contribution in [3.63, 3.8) is 0 Å². The summed E-state index contributed by atoms with van der Waals surface area (Å²) in [7, 11) is 0. The zero-order chi connectivity index (χ0) is 14.9. The quantitative estimate of drug-likeness (QED) is 0.882. The zero-order valence-electron chi connectivity index (χ0n) is 13.6. The molecule has 1 aromatic heterocycles. The van der Waals surface area contributed by atoms with Crippen molar-refractivity contribution in [2.75, 3.05) is 6.54 Å². The van der Waals surface area contributed by atoms with Crippen LogP contribution < -0.4 is 5.32 Å². The van der Waals surface area contributed by atoms with Gasteiger partial charge < -0.3 is 9.73 Å². The van der Waals surface area contributed by atoms with E-state index in [1.54, 1.807) is 0 Å². The Kier molecular flexibility index (Phi) is 4.24. The fraction of sp³-hybridized carbons (Fsp3) is 0.556. The van der Waals surface area contributed by atoms with Crippen molar-refractivity contribution < 1.29 is 4.42 Å². The van der Waals surface area contributed by atoms with Gasteiger partial charge in [0.25, 0.3) is 0 Å². The number of fused-ring (bicyclic) bond motifs is 1. The predicted octanol–water partition coefficient (Wildman–Crippen LogP) is 4.58. The average Bonchev–Trinajstić information content (AvgIpc) is 2.71. The summed E-state index contributed by atoms with van der Waals surface area (Å²) in [4.78, 5) is 0. The Hall–Kier alpha value is -1.28. The van der Waals surface area contributed by atoms with Crippen molar-refractivity contribution >= 4 is 11.0 Å². The van der Waals surface area contributed by atoms with Crippen molar-refractivity contribution in [1.82, 2.24) is 5.32 Å². The molecule has 0 saturated carbocycles. The summed E-state index contributed by atoms with van der Waals surface area (Å²) in [6, 6.07) is 5.08. The molecular formula is C18H27NO. The lowest BCUT2D eigenvalue weighted by molar-refractivity contribution is 0.579. The summed E-state index contributed by atoms with van der Waals surface area (Å²) in [6.45, 7) is 14.3. The third-order valence-electron chi connectivity index (χ3n) is 3.75. The maximum Gasteiger partial charge on any atom is 0.137 e. The molecule has 0 spiro atoms. The highest BCUT2D eigenvalue weighted by atomic mass is 16.3. The van der Waals surface area contributed by atoms with Crippen LogP contribution in [0.2, 0.25) is 0 Å². The third kappa shape index (κ3) is 3.24. The van der Waals surface area contributed by atoms with Crippen LogP contribution in [0, 0.1) is 6.92 Å². The highest BCUT2D eigenvalue weighted by Gasteiger charge is 2.17. The van der Waals surface area contributed by atoms with Crippen molar-refractivity contribution in [2.45, 2.75) is 59.4 Å². The van der Waals surface area contributed by atoms with Crippen LogP contribution in [0.3, 0.4) is 0 Å². The molecule has 2 heteroatoms. The number of benzene rings is 1. The topological polar surface area (TPSA) is 25.2 Å². The second-order valence-corrected chi connectivity index (χ2v) is 7.04. The Morgan fingerprint density at radius 3 is 2.50 bits per heavy atom. The average molecular weight is 273 g/mol. The van der Waals surface area contributed by atoms with Crippen LogP contribution in [0.25, 0.3) is 11.0 Å². The highest BCUT2D eigenvalue weighted by molar-refractivity contribution is 5.85. The molecule has 1 aromatic carbocycles. The SMILES string of the molecule is Cc1cc(C(C)(C)C)cc2c(CCNC(C)C)coc12. The van der Waals surface area contributed by atoms with Gasteiger partial charge in [0, 0.05) is 11.4 Å². The molecule has 0 aliphatic heterocycles. The largest absolute Gasteiger partial charge is 0.464 e. The molecule has 0 amide bonds. The molecule has 0 aliphatic rings. The molecule has 2 rings (SSSR count). The second-order valence-electron chi connectivity index (χ2n) is 7.04. The van der Waals surface area contributed by atoms with Gasteiger partial charge in [-0.05, 0) is 48.1 Å². The molecule has 1 N–H and O–H groups in total. The summed E-state index contributed by atoms with van der Waals surface area (Å²) in [6.07, 6.45) is 2.93. The first-order chi connectivity index (χ1) is 9.29. The zero-order valence-corrected chi connectivity index (χ0v) is 13.6. The van der Waals surface area contributed by atoms with E-state index in [1.165, 1.54) is 22.1 Å². The van der Waals surface area contributed by atoms with Gasteiger partial charge in [0.05, 0.1) is 6.26 Å². The van der Waals surface area contributed by atoms with E-state index in [4.69, 9.17) is 4.42 Å². The van der Waals surface area contributed by atoms with Gasteiger partial charge in [-0.25, -0.2) is 0 Å². The van der Waals surface area contributed by atoms with Gasteiger partial charge in [-0.2, -0.15) is 0 Å². The van der Waals surface area contributed by atoms with Gasteiger partial charge in [-0.1, -0.05) is 40.7 Å². The van der Waals surface area contributed by atoms with Gasteiger partial charge in [0.15, 0.2) is 0 Å². The maximum absolute atomic E-state index is 5.78. The van der Waals surface area contributed by atoms with Crippen molar-refractivity contribution in [2.24, 2.45) is 0 Å². The van der Waals surface area contributed by atoms with E-state index in [2.05, 4.69) is 59.0 Å². The van der Waals surface area contributed by atoms with Gasteiger partial charge in [-0.15, -0.1) is 0 Å². The number of hydrogen-bond acceptors (Lipinski definition) is 2. The molecule has 2 nitrogen and oxygen atoms in total. The molecule has 2 aromatic rings. The Morgan fingerprint density at radius 2 is 1.90 bits per heavy atom. The lowest BCUT2D eigenvalue weighted by atomic mass is 9.85. The molecule has 0 unspecified atom stereocenters. The summed E-state index contributed by atoms with van der Waals surface area (Å²) in [5.41, 5.74) is 5.13. The van der Waals surface area contributed by atoms with E-state index in [0.717, 1.165) is 18.5 Å². The minimum Gasteiger partial charge on any atom is -0.464 e. The minimum absolute atomic E-state index is 0.170. The molecule has 110 valence electrons. The lowest BCUT2D eigenvalue weighted by Gasteiger charge is -2.20. The summed E-state index contributed by atoms with van der Waals surface area (Å²) in [5, 5.41) is 4.74. The Morgan fingerprint density at radius 1 is 1.20 bits per heavy atom. The molecular weight excluding hydrogens is 246 g/mol. The molecule has 1 heterocycles. The molecule has 0 saturated heterocycles. The number of hydrogen-bond donors (Lipinski definition) is 1. The van der Waals surface area contributed by atoms with E-state index < -0.39 is 0 Å². The van der Waals surface area contributed by atoms with Gasteiger partial charge in [-0.3, -0.25) is 0 Å². The number of nitrogens with one attached hydrogen (secondary N) is 1. The Balaban J connectivity index is 2.35. The molecule has 0 fully saturated rings. The predicted molar refractivity (Wildman–Crippen MR) is 86.5 cm³/mol. The molecule has 20 heavy (non-hydrogen) atoms. The molecule has 0 radical (unpaired) electrons. The van der Waals surface area contributed by atoms with Gasteiger partial charge in [0.1, 0.15) is 5.58 Å². The van der Waals surface area contributed by atoms with Gasteiger partial charge >= 0.3 is 0 Å². The molecule has 0 bridgehead atoms. The standard InChI is InChI=1S/C18H27NO/c1-12(2)19-8-7-14-11-20-17-13(3)9-15(10-16(14)17)18(4,5)6/h9-12,19H,7-8H2,1-6H3. The normalized spacial score (nSPS) is 12.6. The van der Waals surface area contributed by atoms with Crippen LogP contribution in [0.5, 0.6) is 0 Å². The summed E-state index contributed by atoms with van der Waals surface area (Å²) >= 11 is 0. The van der Waals surface area contributed by atoms with Gasteiger partial charge in [0.2, 0.25) is 0 Å². The highest BCUT2D eigenvalue weighted by Crippen LogP contribution is 2.31. The second kappa shape index (κ2) is 5.61. The van der Waals surface area contributed by atoms with E-state index in [-0.39, 0.29) is 5.41 Å². The van der Waals surface area contributed by atoms with Crippen molar-refractivity contribution in [3.8, 4) is 0 Å². The van der Waals surface area contributed by atoms with E-state index in [9.17, 15) is 0 Å². The van der Waals surface area contributed by atoms with Crippen molar-refractivity contribution in [1.29, 1.82) is 0 Å². The first-order valence-corrected chi connectivity index (χ1v) is 7.53. The minimum atomic E-state index is 0.170. The van der Waals surface area contributed by atoms with Crippen LogP contribution in [-0.4, -0.2) is 12.6 Å². The smallest absolute Gasteiger partial charge is 0.137 e. The Labute approximate surface area is 122 Å². The molecule has 0 aliphatic carbocycles. The van der Waals surface area contributed by atoms with Crippen LogP contribution in [0.1, 0.15) is 51.3 Å². The van der Waals surface area contributed by atoms with Crippen LogP contribution >= 0.6 is 0 Å². The molecule has 0 atom stereocenters. The first-order valence-electron chi connectivity index (χ1n) is 7.53. The number of furan rings is 1. The summed E-state index contributed by atoms with van der Waals surface area (Å²) < 4.78 is 5.78. The van der Waals surface area contributed by atoms with Crippen LogP contribution in [-0.2, 0) is 11.8 Å². The van der Waals surface area contributed by atoms with Crippen LogP contribution in [0.15, 0.2) is 22.8 Å². The van der Waals surface area contributed by atoms with E-state index in [1.807, 2.05) is 6.26 Å². The van der Waals surface area contributed by atoms with E-state index in [0.29, 0.717) is 6.04 Å². The third-order valence-corrected chi connectivity index (χ3v) is 3.75. The van der Waals surface area contributed by atoms with E-state index >= 15 is 0 Å². The number of rotatable bonds is 4. The number of aryl methyl sites for hydroxylation is 1. The fourth-order valence-electron chi connectivity index (χ4n) is 2.48. The first kappa shape index (κ1) is 15.1. The summed E-state index contributed by atoms with van der Waals surface area (Å²) in [5.74, 6) is 0. The maximum atomic E-state index is 5.78. The van der Waals surface area contributed by atoms with Crippen molar-refractivity contribution in [3.05, 3.63) is 35.1 Å². The lowest BCUT2D eigenvalue weighted by Crippen LogP contribution is -2.24. The monoisotopic (exact) mass is 273 g/mol. The fourth-order valence-corrected chi connectivity index (χ4v) is 2.48.